The fourth-order valence-electron chi connectivity index (χ4n) is 4.45. The number of aromatic nitrogens is 2. The van der Waals surface area contributed by atoms with E-state index in [1.54, 1.807) is 34.8 Å². The highest BCUT2D eigenvalue weighted by atomic mass is 16.6. The lowest BCUT2D eigenvalue weighted by Crippen LogP contribution is -2.36. The molecule has 2 heterocycles. The summed E-state index contributed by atoms with van der Waals surface area (Å²) in [6, 6.07) is 11.5. The van der Waals surface area contributed by atoms with Crippen LogP contribution in [0.5, 0.6) is 0 Å². The van der Waals surface area contributed by atoms with Crippen molar-refractivity contribution < 1.29 is 9.53 Å². The molecular weight excluding hydrogens is 414 g/mol. The van der Waals surface area contributed by atoms with E-state index in [-0.39, 0.29) is 12.1 Å². The summed E-state index contributed by atoms with van der Waals surface area (Å²) in [6.45, 7) is 5.84. The van der Waals surface area contributed by atoms with Crippen molar-refractivity contribution in [2.24, 2.45) is 7.05 Å². The minimum atomic E-state index is -0.625. The first kappa shape index (κ1) is 23.0. The minimum absolute atomic E-state index is 0.0668. The number of ether oxygens (including phenoxy) is 1. The lowest BCUT2D eigenvalue weighted by Gasteiger charge is -2.28. The molecule has 0 aliphatic heterocycles. The van der Waals surface area contributed by atoms with Crippen LogP contribution in [0, 0.1) is 0 Å². The zero-order chi connectivity index (χ0) is 23.6. The molecule has 1 aromatic carbocycles. The van der Waals surface area contributed by atoms with Gasteiger partial charge in [0.25, 0.3) is 5.56 Å². The van der Waals surface area contributed by atoms with Crippen molar-refractivity contribution >= 4 is 22.6 Å². The first-order chi connectivity index (χ1) is 15.7. The number of aryl methyl sites for hydroxylation is 1. The second-order valence-corrected chi connectivity index (χ2v) is 9.99. The molecule has 6 nitrogen and oxygen atoms in total. The van der Waals surface area contributed by atoms with Crippen LogP contribution in [0.25, 0.3) is 10.8 Å². The largest absolute Gasteiger partial charge is 0.443 e. The van der Waals surface area contributed by atoms with E-state index in [0.717, 1.165) is 11.1 Å². The molecule has 0 unspecified atom stereocenters. The van der Waals surface area contributed by atoms with E-state index in [1.807, 2.05) is 45.2 Å². The van der Waals surface area contributed by atoms with Crippen LogP contribution in [0.1, 0.15) is 70.1 Å². The summed E-state index contributed by atoms with van der Waals surface area (Å²) in [5, 5.41) is 1.40. The number of nitrogens with zero attached hydrogens (tertiary/aromatic N) is 3. The summed E-state index contributed by atoms with van der Waals surface area (Å²) < 4.78 is 7.24. The van der Waals surface area contributed by atoms with E-state index in [9.17, 15) is 9.59 Å². The molecular formula is C27H33N3O3. The van der Waals surface area contributed by atoms with E-state index in [1.165, 1.54) is 37.7 Å². The summed E-state index contributed by atoms with van der Waals surface area (Å²) in [7, 11) is 1.73. The van der Waals surface area contributed by atoms with E-state index in [4.69, 9.17) is 4.74 Å². The second-order valence-electron chi connectivity index (χ2n) is 9.99. The van der Waals surface area contributed by atoms with Crippen LogP contribution in [-0.2, 0) is 18.3 Å². The first-order valence-electron chi connectivity index (χ1n) is 11.8. The average Bonchev–Trinajstić information content (AvgIpc) is 2.79. The number of anilines is 1. The highest BCUT2D eigenvalue weighted by molar-refractivity contribution is 5.92. The highest BCUT2D eigenvalue weighted by Crippen LogP contribution is 2.32. The van der Waals surface area contributed by atoms with Gasteiger partial charge in [-0.1, -0.05) is 25.3 Å². The van der Waals surface area contributed by atoms with E-state index < -0.39 is 11.7 Å². The van der Waals surface area contributed by atoms with Crippen LogP contribution in [-0.4, -0.2) is 21.2 Å². The fraction of sp³-hybridized carbons (Fsp3) is 0.444. The second kappa shape index (κ2) is 9.38. The Labute approximate surface area is 195 Å². The molecule has 2 aromatic heterocycles. The summed E-state index contributed by atoms with van der Waals surface area (Å²) in [4.78, 5) is 31.8. The maximum absolute atomic E-state index is 13.1. The van der Waals surface area contributed by atoms with Gasteiger partial charge in [-0.05, 0) is 80.8 Å². The van der Waals surface area contributed by atoms with Crippen LogP contribution in [0.3, 0.4) is 0 Å². The van der Waals surface area contributed by atoms with Crippen molar-refractivity contribution in [3.63, 3.8) is 0 Å². The van der Waals surface area contributed by atoms with Crippen molar-refractivity contribution in [2.75, 3.05) is 4.90 Å². The Bertz CT molecular complexity index is 1190. The quantitative estimate of drug-likeness (QED) is 0.498. The lowest BCUT2D eigenvalue weighted by atomic mass is 9.85. The summed E-state index contributed by atoms with van der Waals surface area (Å²) >= 11 is 0. The van der Waals surface area contributed by atoms with Gasteiger partial charge in [0.15, 0.2) is 0 Å². The zero-order valence-electron chi connectivity index (χ0n) is 20.0. The Kier molecular flexibility index (Phi) is 6.54. The van der Waals surface area contributed by atoms with Crippen LogP contribution in [0.15, 0.2) is 53.6 Å². The standard InChI is InChI=1S/C27H33N3O3/c1-27(2,3)33-26(32)30(23-12-13-24-20(16-23)14-15-29(4)25(24)31)18-22-11-10-21(17-28-22)19-8-6-5-7-9-19/h10-17,19H,5-9,18H2,1-4H3. The van der Waals surface area contributed by atoms with Gasteiger partial charge in [-0.25, -0.2) is 4.79 Å². The Morgan fingerprint density at radius 1 is 1.12 bits per heavy atom. The Morgan fingerprint density at radius 2 is 1.88 bits per heavy atom. The topological polar surface area (TPSA) is 64.4 Å². The lowest BCUT2D eigenvalue weighted by molar-refractivity contribution is 0.0577. The van der Waals surface area contributed by atoms with Gasteiger partial charge in [-0.2, -0.15) is 0 Å². The van der Waals surface area contributed by atoms with Gasteiger partial charge in [0.05, 0.1) is 12.2 Å². The predicted molar refractivity (Wildman–Crippen MR) is 132 cm³/mol. The molecule has 0 saturated heterocycles. The molecule has 1 saturated carbocycles. The van der Waals surface area contributed by atoms with E-state index in [0.29, 0.717) is 17.0 Å². The predicted octanol–water partition coefficient (Wildman–Crippen LogP) is 5.92. The highest BCUT2D eigenvalue weighted by Gasteiger charge is 2.25. The smallest absolute Gasteiger partial charge is 0.415 e. The maximum Gasteiger partial charge on any atom is 0.415 e. The third-order valence-corrected chi connectivity index (χ3v) is 6.23. The molecule has 6 heteroatoms. The van der Waals surface area contributed by atoms with Gasteiger partial charge in [-0.3, -0.25) is 14.7 Å². The van der Waals surface area contributed by atoms with Crippen molar-refractivity contribution in [2.45, 2.75) is 70.9 Å². The Hall–Kier alpha value is -3.15. The molecule has 174 valence electrons. The number of fused-ring (bicyclic) bond motifs is 1. The molecule has 1 fully saturated rings. The maximum atomic E-state index is 13.1. The SMILES string of the molecule is Cn1ccc2cc(N(Cc3ccc(C4CCCCC4)cn3)C(=O)OC(C)(C)C)ccc2c1=O. The van der Waals surface area contributed by atoms with Gasteiger partial charge in [0, 0.05) is 30.5 Å². The van der Waals surface area contributed by atoms with Crippen LogP contribution >= 0.6 is 0 Å². The summed E-state index contributed by atoms with van der Waals surface area (Å²) in [6.07, 6.45) is 9.59. The molecule has 1 aliphatic rings. The third-order valence-electron chi connectivity index (χ3n) is 6.23. The van der Waals surface area contributed by atoms with Gasteiger partial charge in [0.2, 0.25) is 0 Å². The molecule has 33 heavy (non-hydrogen) atoms. The van der Waals surface area contributed by atoms with Crippen LogP contribution in [0.2, 0.25) is 0 Å². The van der Waals surface area contributed by atoms with Crippen molar-refractivity contribution in [3.8, 4) is 0 Å². The number of hydrogen-bond acceptors (Lipinski definition) is 4. The molecule has 0 atom stereocenters. The van der Waals surface area contributed by atoms with Gasteiger partial charge < -0.3 is 9.30 Å². The monoisotopic (exact) mass is 447 g/mol. The van der Waals surface area contributed by atoms with Gasteiger partial charge in [-0.15, -0.1) is 0 Å². The molecule has 3 aromatic rings. The molecule has 4 rings (SSSR count). The van der Waals surface area contributed by atoms with Crippen molar-refractivity contribution in [3.05, 3.63) is 70.4 Å². The third kappa shape index (κ3) is 5.44. The van der Waals surface area contributed by atoms with Crippen LogP contribution in [0.4, 0.5) is 10.5 Å². The molecule has 0 spiro atoms. The van der Waals surface area contributed by atoms with Crippen molar-refractivity contribution in [1.82, 2.24) is 9.55 Å². The molecule has 0 bridgehead atoms. The molecule has 1 amide bonds. The Morgan fingerprint density at radius 3 is 2.55 bits per heavy atom. The number of carbonyl (C=O) groups is 1. The van der Waals surface area contributed by atoms with Crippen molar-refractivity contribution in [1.29, 1.82) is 0 Å². The van der Waals surface area contributed by atoms with E-state index in [2.05, 4.69) is 11.1 Å². The summed E-state index contributed by atoms with van der Waals surface area (Å²) in [5.41, 5.74) is 2.06. The normalized spacial score (nSPS) is 14.9. The molecule has 1 aliphatic carbocycles. The molecule has 0 N–H and O–H groups in total. The number of amides is 1. The molecule has 0 radical (unpaired) electrons. The Balaban J connectivity index is 1.64. The fourth-order valence-corrected chi connectivity index (χ4v) is 4.45. The zero-order valence-corrected chi connectivity index (χ0v) is 20.0. The first-order valence-corrected chi connectivity index (χ1v) is 11.8. The number of hydrogen-bond donors (Lipinski definition) is 0. The van der Waals surface area contributed by atoms with Gasteiger partial charge >= 0.3 is 6.09 Å². The minimum Gasteiger partial charge on any atom is -0.443 e. The number of carbonyl (C=O) groups excluding carboxylic acids is 1. The van der Waals surface area contributed by atoms with E-state index >= 15 is 0 Å². The number of pyridine rings is 2. The van der Waals surface area contributed by atoms with Gasteiger partial charge in [0.1, 0.15) is 5.60 Å². The number of benzene rings is 1. The summed E-state index contributed by atoms with van der Waals surface area (Å²) in [5.74, 6) is 0.588. The van der Waals surface area contributed by atoms with Crippen LogP contribution < -0.4 is 10.5 Å². The number of rotatable bonds is 4. The average molecular weight is 448 g/mol.